The third-order valence-electron chi connectivity index (χ3n) is 1.59. The van der Waals surface area contributed by atoms with Crippen LogP contribution < -0.4 is 0 Å². The Kier molecular flexibility index (Phi) is 8.47. The maximum absolute atomic E-state index is 9.92. The number of ether oxygens (including phenoxy) is 1. The molecule has 1 aliphatic rings. The average Bonchev–Trinajstić information content (AvgIpc) is 2.76. The standard InChI is InChI=1S/C8H8.C4H2O3.C3H6/c1-2-8-6-4-3-5-7-8;5-3-1-2-4(6)7-3;1-3-2/h2-7H,1H2;1-2H;3H,1H2,2H3. The number of benzene rings is 1. The van der Waals surface area contributed by atoms with E-state index >= 15 is 0 Å². The van der Waals surface area contributed by atoms with Crippen molar-refractivity contribution in [2.75, 3.05) is 0 Å². The van der Waals surface area contributed by atoms with Crippen LogP contribution in [0.1, 0.15) is 12.5 Å². The van der Waals surface area contributed by atoms with Gasteiger partial charge in [-0.05, 0) is 12.5 Å². The van der Waals surface area contributed by atoms with Gasteiger partial charge in [0.05, 0.1) is 0 Å². The lowest BCUT2D eigenvalue weighted by Crippen LogP contribution is -1.96. The van der Waals surface area contributed by atoms with Gasteiger partial charge in [-0.3, -0.25) is 0 Å². The zero-order valence-electron chi connectivity index (χ0n) is 10.3. The van der Waals surface area contributed by atoms with Gasteiger partial charge >= 0.3 is 11.9 Å². The summed E-state index contributed by atoms with van der Waals surface area (Å²) in [7, 11) is 0. The largest absolute Gasteiger partial charge is 0.387 e. The molecule has 0 unspecified atom stereocenters. The highest BCUT2D eigenvalue weighted by molar-refractivity contribution is 6.04. The van der Waals surface area contributed by atoms with Gasteiger partial charge in [-0.1, -0.05) is 49.1 Å². The van der Waals surface area contributed by atoms with Crippen LogP contribution in [-0.2, 0) is 14.3 Å². The van der Waals surface area contributed by atoms with Crippen molar-refractivity contribution in [3.05, 3.63) is 67.3 Å². The first-order valence-corrected chi connectivity index (χ1v) is 5.32. The van der Waals surface area contributed by atoms with Crippen LogP contribution in [0.2, 0.25) is 0 Å². The van der Waals surface area contributed by atoms with Gasteiger partial charge < -0.3 is 4.74 Å². The van der Waals surface area contributed by atoms with Crippen molar-refractivity contribution in [3.8, 4) is 0 Å². The van der Waals surface area contributed by atoms with Crippen LogP contribution in [0.3, 0.4) is 0 Å². The van der Waals surface area contributed by atoms with E-state index in [1.165, 1.54) is 5.56 Å². The molecule has 0 atom stereocenters. The molecule has 0 N–H and O–H groups in total. The molecule has 0 saturated heterocycles. The molecule has 0 fully saturated rings. The SMILES string of the molecule is C=CC.C=Cc1ccccc1.O=C1C=CC(=O)O1. The van der Waals surface area contributed by atoms with Crippen LogP contribution >= 0.6 is 0 Å². The van der Waals surface area contributed by atoms with Crippen LogP contribution in [-0.4, -0.2) is 11.9 Å². The van der Waals surface area contributed by atoms with Gasteiger partial charge in [0.15, 0.2) is 0 Å². The molecule has 0 aliphatic carbocycles. The van der Waals surface area contributed by atoms with Gasteiger partial charge in [-0.25, -0.2) is 9.59 Å². The number of esters is 2. The van der Waals surface area contributed by atoms with Crippen LogP contribution in [0, 0.1) is 0 Å². The van der Waals surface area contributed by atoms with Crippen molar-refractivity contribution in [3.63, 3.8) is 0 Å². The molecule has 0 spiro atoms. The molecular formula is C15H16O3. The lowest BCUT2D eigenvalue weighted by molar-refractivity contribution is -0.150. The molecular weight excluding hydrogens is 228 g/mol. The average molecular weight is 244 g/mol. The second-order valence-corrected chi connectivity index (χ2v) is 3.10. The fraction of sp³-hybridized carbons (Fsp3) is 0.0667. The van der Waals surface area contributed by atoms with E-state index in [2.05, 4.69) is 17.9 Å². The first kappa shape index (κ1) is 15.6. The van der Waals surface area contributed by atoms with Crippen LogP contribution in [0.5, 0.6) is 0 Å². The van der Waals surface area contributed by atoms with Gasteiger partial charge in [0.2, 0.25) is 0 Å². The Labute approximate surface area is 107 Å². The minimum absolute atomic E-state index is 0.579. The smallest absolute Gasteiger partial charge is 0.338 e. The van der Waals surface area contributed by atoms with Crippen molar-refractivity contribution in [1.29, 1.82) is 0 Å². The van der Waals surface area contributed by atoms with E-state index in [9.17, 15) is 9.59 Å². The number of carbonyl (C=O) groups is 2. The second-order valence-electron chi connectivity index (χ2n) is 3.10. The fourth-order valence-electron chi connectivity index (χ4n) is 0.892. The van der Waals surface area contributed by atoms with E-state index < -0.39 is 11.9 Å². The summed E-state index contributed by atoms with van der Waals surface area (Å²) in [6.07, 6.45) is 5.75. The predicted molar refractivity (Wildman–Crippen MR) is 72.6 cm³/mol. The first-order chi connectivity index (χ1) is 8.63. The molecule has 1 aliphatic heterocycles. The van der Waals surface area contributed by atoms with Gasteiger partial charge in [0.1, 0.15) is 0 Å². The lowest BCUT2D eigenvalue weighted by Gasteiger charge is -1.85. The molecule has 3 heteroatoms. The molecule has 3 nitrogen and oxygen atoms in total. The number of cyclic esters (lactones) is 2. The monoisotopic (exact) mass is 244 g/mol. The summed E-state index contributed by atoms with van der Waals surface area (Å²) in [6.45, 7) is 8.88. The molecule has 1 heterocycles. The van der Waals surface area contributed by atoms with E-state index in [1.807, 2.05) is 43.3 Å². The molecule has 0 radical (unpaired) electrons. The molecule has 1 aromatic rings. The summed E-state index contributed by atoms with van der Waals surface area (Å²) in [5.74, 6) is -1.16. The second kappa shape index (κ2) is 9.78. The number of rotatable bonds is 1. The van der Waals surface area contributed by atoms with Crippen molar-refractivity contribution in [2.45, 2.75) is 6.92 Å². The van der Waals surface area contributed by atoms with Gasteiger partial charge in [0, 0.05) is 12.2 Å². The maximum atomic E-state index is 9.92. The number of hydrogen-bond acceptors (Lipinski definition) is 3. The van der Waals surface area contributed by atoms with Gasteiger partial charge in [-0.2, -0.15) is 0 Å². The summed E-state index contributed by atoms with van der Waals surface area (Å²) in [6, 6.07) is 10.0. The quantitative estimate of drug-likeness (QED) is 0.433. The van der Waals surface area contributed by atoms with Crippen molar-refractivity contribution < 1.29 is 14.3 Å². The summed E-state index contributed by atoms with van der Waals surface area (Å²) in [4.78, 5) is 19.8. The minimum atomic E-state index is -0.579. The summed E-state index contributed by atoms with van der Waals surface area (Å²) < 4.78 is 3.97. The molecule has 2 rings (SSSR count). The zero-order chi connectivity index (χ0) is 13.8. The van der Waals surface area contributed by atoms with E-state index in [0.717, 1.165) is 12.2 Å². The number of allylic oxidation sites excluding steroid dienone is 1. The number of carbonyl (C=O) groups excluding carboxylic acids is 2. The zero-order valence-corrected chi connectivity index (χ0v) is 10.3. The van der Waals surface area contributed by atoms with Crippen molar-refractivity contribution in [2.24, 2.45) is 0 Å². The Bertz CT molecular complexity index is 414. The normalized spacial score (nSPS) is 11.4. The Balaban J connectivity index is 0.000000267. The summed E-state index contributed by atoms with van der Waals surface area (Å²) >= 11 is 0. The number of hydrogen-bond donors (Lipinski definition) is 0. The van der Waals surface area contributed by atoms with E-state index in [4.69, 9.17) is 0 Å². The van der Waals surface area contributed by atoms with Crippen LogP contribution in [0.25, 0.3) is 6.08 Å². The Morgan fingerprint density at radius 3 is 1.67 bits per heavy atom. The maximum Gasteiger partial charge on any atom is 0.338 e. The highest BCUT2D eigenvalue weighted by Crippen LogP contribution is 1.97. The Hall–Kier alpha value is -2.42. The molecule has 0 saturated carbocycles. The topological polar surface area (TPSA) is 43.4 Å². The summed E-state index contributed by atoms with van der Waals surface area (Å²) in [5.41, 5.74) is 1.17. The van der Waals surface area contributed by atoms with E-state index in [0.29, 0.717) is 0 Å². The third kappa shape index (κ3) is 7.82. The molecule has 0 amide bonds. The third-order valence-corrected chi connectivity index (χ3v) is 1.59. The predicted octanol–water partition coefficient (Wildman–Crippen LogP) is 3.15. The lowest BCUT2D eigenvalue weighted by atomic mass is 10.2. The first-order valence-electron chi connectivity index (χ1n) is 5.32. The van der Waals surface area contributed by atoms with E-state index in [1.54, 1.807) is 6.08 Å². The molecule has 18 heavy (non-hydrogen) atoms. The molecule has 0 aromatic heterocycles. The highest BCUT2D eigenvalue weighted by Gasteiger charge is 2.10. The molecule has 94 valence electrons. The van der Waals surface area contributed by atoms with Gasteiger partial charge in [0.25, 0.3) is 0 Å². The van der Waals surface area contributed by atoms with E-state index in [-0.39, 0.29) is 0 Å². The molecule has 0 bridgehead atoms. The molecule has 1 aromatic carbocycles. The van der Waals surface area contributed by atoms with Crippen LogP contribution in [0.4, 0.5) is 0 Å². The summed E-state index contributed by atoms with van der Waals surface area (Å²) in [5, 5.41) is 0. The van der Waals surface area contributed by atoms with Crippen molar-refractivity contribution in [1.82, 2.24) is 0 Å². The van der Waals surface area contributed by atoms with Gasteiger partial charge in [-0.15, -0.1) is 6.58 Å². The van der Waals surface area contributed by atoms with Crippen molar-refractivity contribution >= 4 is 18.0 Å². The highest BCUT2D eigenvalue weighted by atomic mass is 16.6. The Morgan fingerprint density at radius 1 is 1.00 bits per heavy atom. The Morgan fingerprint density at radius 2 is 1.44 bits per heavy atom. The van der Waals surface area contributed by atoms with Crippen LogP contribution in [0.15, 0.2) is 61.7 Å². The fourth-order valence-corrected chi connectivity index (χ4v) is 0.892. The minimum Gasteiger partial charge on any atom is -0.387 e.